The maximum atomic E-state index is 11.8. The second kappa shape index (κ2) is 7.36. The fraction of sp³-hybridized carbons (Fsp3) is 0.200. The lowest BCUT2D eigenvalue weighted by Gasteiger charge is -2.02. The summed E-state index contributed by atoms with van der Waals surface area (Å²) in [5, 5.41) is 0.00735. The topological polar surface area (TPSA) is 38.7 Å². The first-order valence-corrected chi connectivity index (χ1v) is 8.02. The van der Waals surface area contributed by atoms with Crippen LogP contribution in [0.1, 0.15) is 12.5 Å². The van der Waals surface area contributed by atoms with Crippen LogP contribution in [0.3, 0.4) is 0 Å². The van der Waals surface area contributed by atoms with Gasteiger partial charge in [-0.1, -0.05) is 43.5 Å². The van der Waals surface area contributed by atoms with E-state index in [0.29, 0.717) is 12.3 Å². The molecule has 0 spiro atoms. The first-order chi connectivity index (χ1) is 9.72. The van der Waals surface area contributed by atoms with Crippen molar-refractivity contribution in [3.05, 3.63) is 48.2 Å². The summed E-state index contributed by atoms with van der Waals surface area (Å²) in [5.41, 5.74) is 1.44. The van der Waals surface area contributed by atoms with E-state index in [0.717, 1.165) is 21.4 Å². The molecule has 104 valence electrons. The SMILES string of the molecule is C=CCOc1ccc(/C=C2\N=C(SCC)SC2=O)cc1. The van der Waals surface area contributed by atoms with Crippen molar-refractivity contribution in [2.45, 2.75) is 6.92 Å². The van der Waals surface area contributed by atoms with Crippen LogP contribution in [0.5, 0.6) is 5.75 Å². The number of benzene rings is 1. The van der Waals surface area contributed by atoms with Crippen LogP contribution in [-0.4, -0.2) is 21.9 Å². The van der Waals surface area contributed by atoms with Crippen LogP contribution in [0, 0.1) is 0 Å². The number of aliphatic imine (C=N–C) groups is 1. The third-order valence-electron chi connectivity index (χ3n) is 2.42. The van der Waals surface area contributed by atoms with E-state index in [4.69, 9.17) is 4.74 Å². The van der Waals surface area contributed by atoms with E-state index < -0.39 is 0 Å². The smallest absolute Gasteiger partial charge is 0.244 e. The van der Waals surface area contributed by atoms with Gasteiger partial charge in [0.15, 0.2) is 0 Å². The molecule has 0 aromatic heterocycles. The van der Waals surface area contributed by atoms with E-state index >= 15 is 0 Å². The molecule has 1 aromatic carbocycles. The van der Waals surface area contributed by atoms with Crippen LogP contribution in [0.25, 0.3) is 6.08 Å². The first-order valence-electron chi connectivity index (χ1n) is 6.22. The standard InChI is InChI=1S/C15H15NO2S2/c1-3-9-18-12-7-5-11(6-8-12)10-13-14(17)20-15(16-13)19-4-2/h3,5-8,10H,1,4,9H2,2H3/b13-10-. The van der Waals surface area contributed by atoms with Crippen molar-refractivity contribution in [1.29, 1.82) is 0 Å². The molecular formula is C15H15NO2S2. The summed E-state index contributed by atoms with van der Waals surface area (Å²) in [4.78, 5) is 16.1. The zero-order chi connectivity index (χ0) is 14.4. The third-order valence-corrected chi connectivity index (χ3v) is 4.31. The molecular weight excluding hydrogens is 290 g/mol. The van der Waals surface area contributed by atoms with Crippen molar-refractivity contribution in [2.75, 3.05) is 12.4 Å². The van der Waals surface area contributed by atoms with Crippen molar-refractivity contribution in [1.82, 2.24) is 0 Å². The quantitative estimate of drug-likeness (QED) is 0.609. The van der Waals surface area contributed by atoms with Gasteiger partial charge in [-0.15, -0.1) is 0 Å². The van der Waals surface area contributed by atoms with E-state index in [1.807, 2.05) is 31.2 Å². The average molecular weight is 305 g/mol. The van der Waals surface area contributed by atoms with E-state index in [1.54, 1.807) is 23.9 Å². The first kappa shape index (κ1) is 14.9. The zero-order valence-corrected chi connectivity index (χ0v) is 12.8. The minimum Gasteiger partial charge on any atom is -0.490 e. The predicted octanol–water partition coefficient (Wildman–Crippen LogP) is 3.97. The highest BCUT2D eigenvalue weighted by molar-refractivity contribution is 8.45. The molecule has 3 nitrogen and oxygen atoms in total. The predicted molar refractivity (Wildman–Crippen MR) is 88.3 cm³/mol. The van der Waals surface area contributed by atoms with Crippen LogP contribution in [0.2, 0.25) is 0 Å². The molecule has 0 amide bonds. The Morgan fingerprint density at radius 1 is 1.40 bits per heavy atom. The molecule has 0 saturated heterocycles. The molecule has 0 N–H and O–H groups in total. The van der Waals surface area contributed by atoms with Gasteiger partial charge in [-0.2, -0.15) is 0 Å². The fourth-order valence-corrected chi connectivity index (χ4v) is 3.29. The number of rotatable bonds is 5. The molecule has 0 unspecified atom stereocenters. The molecule has 0 bridgehead atoms. The molecule has 20 heavy (non-hydrogen) atoms. The lowest BCUT2D eigenvalue weighted by Crippen LogP contribution is -1.92. The highest BCUT2D eigenvalue weighted by Gasteiger charge is 2.21. The van der Waals surface area contributed by atoms with Gasteiger partial charge in [0.2, 0.25) is 5.12 Å². The number of carbonyl (C=O) groups is 1. The molecule has 1 heterocycles. The average Bonchev–Trinajstić information content (AvgIpc) is 2.79. The summed E-state index contributed by atoms with van der Waals surface area (Å²) < 4.78 is 6.24. The summed E-state index contributed by atoms with van der Waals surface area (Å²) in [6, 6.07) is 7.55. The second-order valence-electron chi connectivity index (χ2n) is 3.90. The van der Waals surface area contributed by atoms with Crippen LogP contribution in [-0.2, 0) is 4.79 Å². The van der Waals surface area contributed by atoms with Gasteiger partial charge in [0, 0.05) is 0 Å². The Kier molecular flexibility index (Phi) is 5.49. The van der Waals surface area contributed by atoms with Gasteiger partial charge in [-0.3, -0.25) is 4.79 Å². The normalized spacial score (nSPS) is 16.4. The number of ether oxygens (including phenoxy) is 1. The van der Waals surface area contributed by atoms with Crippen molar-refractivity contribution in [3.8, 4) is 5.75 Å². The van der Waals surface area contributed by atoms with Gasteiger partial charge in [0.25, 0.3) is 0 Å². The largest absolute Gasteiger partial charge is 0.490 e. The Balaban J connectivity index is 2.10. The molecule has 0 radical (unpaired) electrons. The summed E-state index contributed by atoms with van der Waals surface area (Å²) >= 11 is 2.79. The molecule has 0 atom stereocenters. The van der Waals surface area contributed by atoms with Crippen LogP contribution < -0.4 is 4.74 Å². The Labute approximate surface area is 127 Å². The number of hydrogen-bond donors (Lipinski definition) is 0. The van der Waals surface area contributed by atoms with Gasteiger partial charge in [0.1, 0.15) is 22.4 Å². The summed E-state index contributed by atoms with van der Waals surface area (Å²) in [7, 11) is 0. The van der Waals surface area contributed by atoms with E-state index in [-0.39, 0.29) is 5.12 Å². The molecule has 1 aliphatic heterocycles. The van der Waals surface area contributed by atoms with Crippen molar-refractivity contribution in [3.63, 3.8) is 0 Å². The van der Waals surface area contributed by atoms with Gasteiger partial charge in [-0.05, 0) is 41.3 Å². The Morgan fingerprint density at radius 2 is 2.15 bits per heavy atom. The zero-order valence-electron chi connectivity index (χ0n) is 11.2. The van der Waals surface area contributed by atoms with Crippen LogP contribution >= 0.6 is 23.5 Å². The maximum Gasteiger partial charge on any atom is 0.244 e. The fourth-order valence-electron chi connectivity index (χ4n) is 1.55. The van der Waals surface area contributed by atoms with Crippen molar-refractivity contribution >= 4 is 39.1 Å². The summed E-state index contributed by atoms with van der Waals surface area (Å²) in [6.45, 7) is 6.13. The lowest BCUT2D eigenvalue weighted by atomic mass is 10.2. The molecule has 1 aliphatic rings. The number of thioether (sulfide) groups is 2. The minimum absolute atomic E-state index is 0.00735. The molecule has 1 aromatic rings. The molecule has 5 heteroatoms. The minimum atomic E-state index is 0.00735. The number of hydrogen-bond acceptors (Lipinski definition) is 5. The maximum absolute atomic E-state index is 11.8. The van der Waals surface area contributed by atoms with Gasteiger partial charge in [-0.25, -0.2) is 4.99 Å². The number of carbonyl (C=O) groups excluding carboxylic acids is 1. The molecule has 2 rings (SSSR count). The Morgan fingerprint density at radius 3 is 2.80 bits per heavy atom. The summed E-state index contributed by atoms with van der Waals surface area (Å²) in [6.07, 6.45) is 3.50. The van der Waals surface area contributed by atoms with Crippen molar-refractivity contribution in [2.24, 2.45) is 4.99 Å². The van der Waals surface area contributed by atoms with E-state index in [9.17, 15) is 4.79 Å². The summed E-state index contributed by atoms with van der Waals surface area (Å²) in [5.74, 6) is 1.70. The van der Waals surface area contributed by atoms with E-state index in [2.05, 4.69) is 11.6 Å². The Hall–Kier alpha value is -1.46. The van der Waals surface area contributed by atoms with Gasteiger partial charge >= 0.3 is 0 Å². The monoisotopic (exact) mass is 305 g/mol. The lowest BCUT2D eigenvalue weighted by molar-refractivity contribution is -0.107. The molecule has 0 aliphatic carbocycles. The molecule has 0 saturated carbocycles. The van der Waals surface area contributed by atoms with Crippen molar-refractivity contribution < 1.29 is 9.53 Å². The van der Waals surface area contributed by atoms with Gasteiger partial charge < -0.3 is 4.74 Å². The van der Waals surface area contributed by atoms with Crippen LogP contribution in [0.4, 0.5) is 0 Å². The highest BCUT2D eigenvalue weighted by Crippen LogP contribution is 2.30. The molecule has 0 fully saturated rings. The highest BCUT2D eigenvalue weighted by atomic mass is 32.2. The van der Waals surface area contributed by atoms with E-state index in [1.165, 1.54) is 11.8 Å². The van der Waals surface area contributed by atoms with Crippen LogP contribution in [0.15, 0.2) is 47.6 Å². The Bertz CT molecular complexity index is 562. The second-order valence-corrected chi connectivity index (χ2v) is 6.37. The van der Waals surface area contributed by atoms with Gasteiger partial charge in [0.05, 0.1) is 0 Å². The third kappa shape index (κ3) is 4.02. The number of nitrogens with zero attached hydrogens (tertiary/aromatic N) is 1.